The molecule has 1 atom stereocenters. The van der Waals surface area contributed by atoms with Crippen LogP contribution in [0.1, 0.15) is 17.3 Å². The van der Waals surface area contributed by atoms with Gasteiger partial charge in [-0.3, -0.25) is 9.78 Å². The van der Waals surface area contributed by atoms with Crippen LogP contribution in [-0.4, -0.2) is 31.2 Å². The van der Waals surface area contributed by atoms with Crippen LogP contribution in [0.2, 0.25) is 5.02 Å². The van der Waals surface area contributed by atoms with Gasteiger partial charge in [0.15, 0.2) is 5.82 Å². The molecule has 0 aliphatic rings. The number of pyridine rings is 2. The van der Waals surface area contributed by atoms with Gasteiger partial charge in [-0.05, 0) is 42.8 Å². The van der Waals surface area contributed by atoms with E-state index in [1.54, 1.807) is 18.3 Å². The van der Waals surface area contributed by atoms with Crippen molar-refractivity contribution < 1.29 is 13.9 Å². The highest BCUT2D eigenvalue weighted by molar-refractivity contribution is 6.30. The molecule has 33 heavy (non-hydrogen) atoms. The van der Waals surface area contributed by atoms with Crippen molar-refractivity contribution in [3.8, 4) is 11.3 Å². The number of hydrogen-bond donors (Lipinski definition) is 2. The minimum Gasteiger partial charge on any atom is -0.394 e. The lowest BCUT2D eigenvalue weighted by molar-refractivity contribution is 0.247. The lowest BCUT2D eigenvalue weighted by Crippen LogP contribution is -2.27. The number of nitrogens with zero attached hydrogens (tertiary/aromatic N) is 4. The van der Waals surface area contributed by atoms with E-state index < -0.39 is 29.8 Å². The van der Waals surface area contributed by atoms with Crippen LogP contribution in [0.4, 0.5) is 20.4 Å². The average Bonchev–Trinajstić information content (AvgIpc) is 2.79. The van der Waals surface area contributed by atoms with Crippen molar-refractivity contribution in [2.75, 3.05) is 11.9 Å². The Morgan fingerprint density at radius 1 is 1.12 bits per heavy atom. The third-order valence-corrected chi connectivity index (χ3v) is 5.26. The number of anilines is 2. The van der Waals surface area contributed by atoms with Crippen molar-refractivity contribution in [3.05, 3.63) is 99.3 Å². The molecular weight excluding hydrogens is 452 g/mol. The molecule has 3 heterocycles. The first-order valence-corrected chi connectivity index (χ1v) is 10.2. The number of aryl methyl sites for hydroxylation is 1. The lowest BCUT2D eigenvalue weighted by atomic mass is 10.1. The molecule has 0 spiro atoms. The molecule has 0 radical (unpaired) electrons. The van der Waals surface area contributed by atoms with Gasteiger partial charge in [-0.25, -0.2) is 18.7 Å². The van der Waals surface area contributed by atoms with Crippen LogP contribution in [-0.2, 0) is 0 Å². The summed E-state index contributed by atoms with van der Waals surface area (Å²) in [7, 11) is 0. The second-order valence-electron chi connectivity index (χ2n) is 7.23. The van der Waals surface area contributed by atoms with Crippen LogP contribution in [0, 0.1) is 18.6 Å². The first-order chi connectivity index (χ1) is 15.9. The summed E-state index contributed by atoms with van der Waals surface area (Å²) in [5.41, 5.74) is 1.45. The molecule has 4 rings (SSSR count). The number of aliphatic hydroxyl groups is 1. The number of aromatic nitrogens is 4. The highest BCUT2D eigenvalue weighted by Gasteiger charge is 2.18. The molecule has 0 aliphatic heterocycles. The normalized spacial score (nSPS) is 11.9. The van der Waals surface area contributed by atoms with Crippen molar-refractivity contribution in [2.24, 2.45) is 0 Å². The zero-order valence-electron chi connectivity index (χ0n) is 17.3. The smallest absolute Gasteiger partial charge is 0.251 e. The molecular formula is C23H18ClF2N5O2. The van der Waals surface area contributed by atoms with Gasteiger partial charge in [0.05, 0.1) is 23.9 Å². The quantitative estimate of drug-likeness (QED) is 0.438. The Morgan fingerprint density at radius 3 is 2.64 bits per heavy atom. The van der Waals surface area contributed by atoms with E-state index in [1.165, 1.54) is 35.0 Å². The van der Waals surface area contributed by atoms with Crippen LogP contribution in [0.5, 0.6) is 0 Å². The van der Waals surface area contributed by atoms with E-state index >= 15 is 0 Å². The molecule has 7 nitrogen and oxygen atoms in total. The maximum Gasteiger partial charge on any atom is 0.251 e. The van der Waals surface area contributed by atoms with Gasteiger partial charge in [0.2, 0.25) is 5.95 Å². The number of benzene rings is 1. The largest absolute Gasteiger partial charge is 0.394 e. The topological polar surface area (TPSA) is 92.9 Å². The van der Waals surface area contributed by atoms with Gasteiger partial charge < -0.3 is 15.0 Å². The summed E-state index contributed by atoms with van der Waals surface area (Å²) in [6.07, 6.45) is 4.02. The Hall–Kier alpha value is -3.69. The predicted octanol–water partition coefficient (Wildman–Crippen LogP) is 4.27. The molecule has 2 N–H and O–H groups in total. The summed E-state index contributed by atoms with van der Waals surface area (Å²) in [5.74, 6) is -1.22. The first kappa shape index (κ1) is 22.5. The Labute approximate surface area is 192 Å². The summed E-state index contributed by atoms with van der Waals surface area (Å²) in [5, 5.41) is 12.7. The second kappa shape index (κ2) is 9.43. The van der Waals surface area contributed by atoms with Gasteiger partial charge in [-0.15, -0.1) is 0 Å². The van der Waals surface area contributed by atoms with Crippen LogP contribution in [0.15, 0.2) is 65.8 Å². The van der Waals surface area contributed by atoms with Gasteiger partial charge in [0.25, 0.3) is 5.56 Å². The second-order valence-corrected chi connectivity index (χ2v) is 7.64. The minimum atomic E-state index is -0.847. The van der Waals surface area contributed by atoms with E-state index in [1.807, 2.05) is 6.92 Å². The van der Waals surface area contributed by atoms with E-state index in [9.17, 15) is 18.7 Å². The van der Waals surface area contributed by atoms with Crippen molar-refractivity contribution in [3.63, 3.8) is 0 Å². The van der Waals surface area contributed by atoms with Gasteiger partial charge in [0.1, 0.15) is 11.5 Å². The van der Waals surface area contributed by atoms with Crippen molar-refractivity contribution in [1.29, 1.82) is 0 Å². The standard InChI is InChI=1S/C23H18ClF2N5O2/c1-13-8-16(4-6-27-13)29-23-28-11-19(26)22(30-23)15-5-7-31(21(33)10-15)20(12-32)14-2-3-17(24)18(25)9-14/h2-11,20,32H,12H2,1H3,(H,27,28,29,30). The molecule has 1 unspecified atom stereocenters. The monoisotopic (exact) mass is 469 g/mol. The van der Waals surface area contributed by atoms with Crippen LogP contribution >= 0.6 is 11.6 Å². The molecule has 0 amide bonds. The number of aliphatic hydroxyl groups excluding tert-OH is 1. The number of hydrogen-bond acceptors (Lipinski definition) is 6. The summed E-state index contributed by atoms with van der Waals surface area (Å²) in [4.78, 5) is 25.1. The molecule has 3 aromatic heterocycles. The summed E-state index contributed by atoms with van der Waals surface area (Å²) in [6, 6.07) is 9.37. The fourth-order valence-corrected chi connectivity index (χ4v) is 3.47. The van der Waals surface area contributed by atoms with Crippen molar-refractivity contribution >= 4 is 23.2 Å². The maximum absolute atomic E-state index is 14.5. The van der Waals surface area contributed by atoms with E-state index in [-0.39, 0.29) is 22.2 Å². The Kier molecular flexibility index (Phi) is 6.43. The molecule has 0 saturated heterocycles. The van der Waals surface area contributed by atoms with Gasteiger partial charge in [0, 0.05) is 35.4 Å². The van der Waals surface area contributed by atoms with Crippen molar-refractivity contribution in [2.45, 2.75) is 13.0 Å². The average molecular weight is 470 g/mol. The molecule has 1 aromatic carbocycles. The third kappa shape index (κ3) is 4.89. The molecule has 10 heteroatoms. The first-order valence-electron chi connectivity index (χ1n) is 9.86. The lowest BCUT2D eigenvalue weighted by Gasteiger charge is -2.18. The predicted molar refractivity (Wildman–Crippen MR) is 121 cm³/mol. The number of rotatable bonds is 6. The van der Waals surface area contributed by atoms with Crippen molar-refractivity contribution in [1.82, 2.24) is 19.5 Å². The molecule has 0 aliphatic carbocycles. The van der Waals surface area contributed by atoms with Gasteiger partial charge in [-0.2, -0.15) is 0 Å². The van der Waals surface area contributed by atoms with Crippen LogP contribution < -0.4 is 10.9 Å². The zero-order chi connectivity index (χ0) is 23.5. The Bertz CT molecular complexity index is 1380. The van der Waals surface area contributed by atoms with E-state index in [4.69, 9.17) is 11.6 Å². The number of nitrogens with one attached hydrogen (secondary N) is 1. The van der Waals surface area contributed by atoms with E-state index in [0.29, 0.717) is 11.3 Å². The Balaban J connectivity index is 1.67. The fourth-order valence-electron chi connectivity index (χ4n) is 3.35. The molecule has 0 saturated carbocycles. The molecule has 168 valence electrons. The SMILES string of the molecule is Cc1cc(Nc2ncc(F)c(-c3ccn(C(CO)c4ccc(Cl)c(F)c4)c(=O)c3)n2)ccn1. The van der Waals surface area contributed by atoms with Gasteiger partial charge in [-0.1, -0.05) is 17.7 Å². The molecule has 0 fully saturated rings. The molecule has 0 bridgehead atoms. The van der Waals surface area contributed by atoms with Gasteiger partial charge >= 0.3 is 0 Å². The highest BCUT2D eigenvalue weighted by atomic mass is 35.5. The molecule has 4 aromatic rings. The third-order valence-electron chi connectivity index (χ3n) is 4.96. The minimum absolute atomic E-state index is 0.0660. The van der Waals surface area contributed by atoms with E-state index in [2.05, 4.69) is 20.3 Å². The van der Waals surface area contributed by atoms with Crippen LogP contribution in [0.25, 0.3) is 11.3 Å². The summed E-state index contributed by atoms with van der Waals surface area (Å²) < 4.78 is 29.6. The summed E-state index contributed by atoms with van der Waals surface area (Å²) >= 11 is 5.72. The van der Waals surface area contributed by atoms with Crippen LogP contribution in [0.3, 0.4) is 0 Å². The number of halogens is 3. The maximum atomic E-state index is 14.5. The highest BCUT2D eigenvalue weighted by Crippen LogP contribution is 2.25. The fraction of sp³-hybridized carbons (Fsp3) is 0.130. The zero-order valence-corrected chi connectivity index (χ0v) is 18.1. The Morgan fingerprint density at radius 2 is 1.94 bits per heavy atom. The van der Waals surface area contributed by atoms with E-state index in [0.717, 1.165) is 18.0 Å². The summed E-state index contributed by atoms with van der Waals surface area (Å²) in [6.45, 7) is 1.37.